The first-order valence-electron chi connectivity index (χ1n) is 12.4. The van der Waals surface area contributed by atoms with Crippen LogP contribution < -0.4 is 10.2 Å². The standard InChI is InChI=1S/C23H34FN7O4S/c1-5-20(32)35-13-18-21(24)22(26-19-10-14(3)28-29-19)27-23(25-18)30(4)17-11-15-8-7-9-16(12-17)31(15)36(33,34)6-2/h10,15-17H,5-9,11-13H2,1-4H3,(H2,25,26,27,28,29)/t15-,16+,17?. The molecule has 2 aromatic rings. The van der Waals surface area contributed by atoms with Crippen molar-refractivity contribution in [2.24, 2.45) is 0 Å². The van der Waals surface area contributed by atoms with Gasteiger partial charge in [-0.1, -0.05) is 13.3 Å². The van der Waals surface area contributed by atoms with Gasteiger partial charge in [0.15, 0.2) is 17.5 Å². The molecule has 1 unspecified atom stereocenters. The number of aryl methyl sites for hydroxylation is 1. The molecule has 2 saturated heterocycles. The molecule has 3 atom stereocenters. The molecule has 13 heteroatoms. The van der Waals surface area contributed by atoms with Gasteiger partial charge in [0.25, 0.3) is 0 Å². The van der Waals surface area contributed by atoms with E-state index in [4.69, 9.17) is 4.74 Å². The number of hydrogen-bond acceptors (Lipinski definition) is 9. The first-order chi connectivity index (χ1) is 17.1. The molecular formula is C23H34FN7O4S. The van der Waals surface area contributed by atoms with Crippen LogP contribution in [-0.2, 0) is 26.2 Å². The predicted molar refractivity (Wildman–Crippen MR) is 133 cm³/mol. The largest absolute Gasteiger partial charge is 0.459 e. The molecule has 11 nitrogen and oxygen atoms in total. The molecule has 2 aliphatic rings. The van der Waals surface area contributed by atoms with Crippen LogP contribution in [-0.4, -0.2) is 69.8 Å². The lowest BCUT2D eigenvalue weighted by Gasteiger charge is -2.49. The third kappa shape index (κ3) is 5.46. The lowest BCUT2D eigenvalue weighted by molar-refractivity contribution is -0.144. The number of aromatic amines is 1. The molecule has 0 aromatic carbocycles. The second-order valence-corrected chi connectivity index (χ2v) is 11.6. The number of anilines is 3. The van der Waals surface area contributed by atoms with Gasteiger partial charge in [-0.2, -0.15) is 14.4 Å². The number of carbonyl (C=O) groups is 1. The zero-order valence-corrected chi connectivity index (χ0v) is 21.9. The maximum atomic E-state index is 15.3. The Bertz CT molecular complexity index is 1190. The number of hydrogen-bond donors (Lipinski definition) is 2. The number of esters is 1. The Kier molecular flexibility index (Phi) is 7.79. The molecular weight excluding hydrogens is 489 g/mol. The highest BCUT2D eigenvalue weighted by Gasteiger charge is 2.45. The smallest absolute Gasteiger partial charge is 0.305 e. The Morgan fingerprint density at radius 2 is 1.97 bits per heavy atom. The Hall–Kier alpha value is -2.80. The Morgan fingerprint density at radius 3 is 2.56 bits per heavy atom. The fraction of sp³-hybridized carbons (Fsp3) is 0.652. The third-order valence-electron chi connectivity index (χ3n) is 6.95. The zero-order valence-electron chi connectivity index (χ0n) is 21.1. The van der Waals surface area contributed by atoms with Crippen LogP contribution in [0, 0.1) is 12.7 Å². The van der Waals surface area contributed by atoms with Crippen molar-refractivity contribution in [1.82, 2.24) is 24.5 Å². The monoisotopic (exact) mass is 523 g/mol. The number of fused-ring (bicyclic) bond motifs is 2. The topological polar surface area (TPSA) is 133 Å². The second kappa shape index (κ2) is 10.7. The minimum absolute atomic E-state index is 0.0272. The van der Waals surface area contributed by atoms with Crippen molar-refractivity contribution in [2.45, 2.75) is 84.0 Å². The van der Waals surface area contributed by atoms with Gasteiger partial charge >= 0.3 is 5.97 Å². The van der Waals surface area contributed by atoms with Crippen molar-refractivity contribution in [2.75, 3.05) is 23.0 Å². The van der Waals surface area contributed by atoms with E-state index in [9.17, 15) is 13.2 Å². The SMILES string of the molecule is CCC(=O)OCc1nc(N(C)C2C[C@H]3CCC[C@@H](C2)N3S(=O)(=O)CC)nc(Nc2cc(C)[nH]n2)c1F. The van der Waals surface area contributed by atoms with Crippen LogP contribution in [0.1, 0.15) is 63.8 Å². The number of ether oxygens (including phenoxy) is 1. The summed E-state index contributed by atoms with van der Waals surface area (Å²) < 4.78 is 47.7. The van der Waals surface area contributed by atoms with Gasteiger partial charge in [-0.25, -0.2) is 17.8 Å². The molecule has 2 bridgehead atoms. The molecule has 0 spiro atoms. The number of nitrogens with one attached hydrogen (secondary N) is 2. The summed E-state index contributed by atoms with van der Waals surface area (Å²) in [4.78, 5) is 22.4. The molecule has 2 aliphatic heterocycles. The fourth-order valence-electron chi connectivity index (χ4n) is 5.06. The summed E-state index contributed by atoms with van der Waals surface area (Å²) >= 11 is 0. The van der Waals surface area contributed by atoms with Crippen LogP contribution in [0.2, 0.25) is 0 Å². The van der Waals surface area contributed by atoms with Crippen molar-refractivity contribution < 1.29 is 22.3 Å². The van der Waals surface area contributed by atoms with Gasteiger partial charge in [-0.3, -0.25) is 9.89 Å². The molecule has 198 valence electrons. The molecule has 2 fully saturated rings. The van der Waals surface area contributed by atoms with Crippen molar-refractivity contribution >= 4 is 33.6 Å². The van der Waals surface area contributed by atoms with Gasteiger partial charge in [-0.05, 0) is 39.5 Å². The van der Waals surface area contributed by atoms with Crippen LogP contribution in [0.3, 0.4) is 0 Å². The van der Waals surface area contributed by atoms with Crippen LogP contribution in [0.5, 0.6) is 0 Å². The van der Waals surface area contributed by atoms with Crippen molar-refractivity contribution in [1.29, 1.82) is 0 Å². The van der Waals surface area contributed by atoms with E-state index in [1.807, 2.05) is 18.9 Å². The van der Waals surface area contributed by atoms with Crippen LogP contribution in [0.15, 0.2) is 6.07 Å². The Balaban J connectivity index is 1.63. The van der Waals surface area contributed by atoms with Gasteiger partial charge in [-0.15, -0.1) is 0 Å². The van der Waals surface area contributed by atoms with Crippen LogP contribution >= 0.6 is 0 Å². The summed E-state index contributed by atoms with van der Waals surface area (Å²) in [5.74, 6) is -0.517. The number of H-pyrrole nitrogens is 1. The highest BCUT2D eigenvalue weighted by atomic mass is 32.2. The van der Waals surface area contributed by atoms with E-state index in [0.29, 0.717) is 18.7 Å². The van der Waals surface area contributed by atoms with Crippen molar-refractivity contribution in [3.63, 3.8) is 0 Å². The van der Waals surface area contributed by atoms with E-state index in [0.717, 1.165) is 25.0 Å². The lowest BCUT2D eigenvalue weighted by Crippen LogP contribution is -2.58. The average molecular weight is 524 g/mol. The third-order valence-corrected chi connectivity index (χ3v) is 8.92. The second-order valence-electron chi connectivity index (χ2n) is 9.41. The van der Waals surface area contributed by atoms with Crippen LogP contribution in [0.25, 0.3) is 0 Å². The summed E-state index contributed by atoms with van der Waals surface area (Å²) in [7, 11) is -1.46. The number of sulfonamides is 1. The molecule has 2 N–H and O–H groups in total. The summed E-state index contributed by atoms with van der Waals surface area (Å²) in [6.07, 6.45) is 4.06. The summed E-state index contributed by atoms with van der Waals surface area (Å²) in [6, 6.07) is 1.53. The van der Waals surface area contributed by atoms with E-state index >= 15 is 4.39 Å². The highest BCUT2D eigenvalue weighted by Crippen LogP contribution is 2.38. The van der Waals surface area contributed by atoms with Crippen molar-refractivity contribution in [3.05, 3.63) is 23.3 Å². The summed E-state index contributed by atoms with van der Waals surface area (Å²) in [6.45, 7) is 4.84. The summed E-state index contributed by atoms with van der Waals surface area (Å²) in [5, 5.41) is 9.76. The maximum Gasteiger partial charge on any atom is 0.305 e. The quantitative estimate of drug-likeness (QED) is 0.476. The lowest BCUT2D eigenvalue weighted by atomic mass is 9.83. The summed E-state index contributed by atoms with van der Waals surface area (Å²) in [5.41, 5.74) is 0.747. The number of nitrogens with zero attached hydrogens (tertiary/aromatic N) is 5. The molecule has 36 heavy (non-hydrogen) atoms. The Labute approximate surface area is 210 Å². The minimum Gasteiger partial charge on any atom is -0.459 e. The minimum atomic E-state index is -3.30. The zero-order chi connectivity index (χ0) is 26.0. The number of aromatic nitrogens is 4. The molecule has 0 saturated carbocycles. The molecule has 0 amide bonds. The van der Waals surface area contributed by atoms with Crippen molar-refractivity contribution in [3.8, 4) is 0 Å². The maximum absolute atomic E-state index is 15.3. The highest BCUT2D eigenvalue weighted by molar-refractivity contribution is 7.89. The number of rotatable bonds is 9. The van der Waals surface area contributed by atoms with Gasteiger partial charge in [0.05, 0.1) is 5.75 Å². The Morgan fingerprint density at radius 1 is 1.28 bits per heavy atom. The predicted octanol–water partition coefficient (Wildman–Crippen LogP) is 3.02. The first kappa shape index (κ1) is 26.3. The molecule has 4 rings (SSSR count). The number of piperidine rings is 2. The molecule has 0 aliphatic carbocycles. The number of carbonyl (C=O) groups excluding carboxylic acids is 1. The normalized spacial score (nSPS) is 22.3. The first-order valence-corrected chi connectivity index (χ1v) is 14.0. The van der Waals surface area contributed by atoms with Gasteiger partial charge in [0.2, 0.25) is 16.0 Å². The molecule has 4 heterocycles. The van der Waals surface area contributed by atoms with E-state index in [1.54, 1.807) is 24.2 Å². The van der Waals surface area contributed by atoms with E-state index in [-0.39, 0.29) is 54.4 Å². The molecule has 2 aromatic heterocycles. The van der Waals surface area contributed by atoms with E-state index in [2.05, 4.69) is 25.5 Å². The van der Waals surface area contributed by atoms with Gasteiger partial charge < -0.3 is 15.0 Å². The molecule has 0 radical (unpaired) electrons. The van der Waals surface area contributed by atoms with Gasteiger partial charge in [0.1, 0.15) is 12.3 Å². The van der Waals surface area contributed by atoms with Gasteiger partial charge in [0, 0.05) is 43.4 Å². The average Bonchev–Trinajstić information content (AvgIpc) is 3.27. The van der Waals surface area contributed by atoms with Crippen LogP contribution in [0.4, 0.5) is 22.0 Å². The van der Waals surface area contributed by atoms with E-state index in [1.165, 1.54) is 0 Å². The fourth-order valence-corrected chi connectivity index (χ4v) is 6.65. The van der Waals surface area contributed by atoms with E-state index < -0.39 is 21.8 Å². The number of halogens is 1.